The van der Waals surface area contributed by atoms with Gasteiger partial charge in [-0.2, -0.15) is 0 Å². The van der Waals surface area contributed by atoms with Crippen molar-refractivity contribution in [1.29, 1.82) is 0 Å². The lowest BCUT2D eigenvalue weighted by Crippen LogP contribution is -2.43. The lowest BCUT2D eigenvalue weighted by atomic mass is 9.71. The standard InChI is InChI=1S/C17H24N2O3S/c1-23(21,22)16-7-8-19(12-16)17(20)18-11-13-9-15(10-13)14-5-3-2-4-6-14/h2-6,13,15-16H,7-12H2,1H3,(H,18,20). The first-order valence-electron chi connectivity index (χ1n) is 8.20. The van der Waals surface area contributed by atoms with Crippen LogP contribution in [0.1, 0.15) is 30.7 Å². The van der Waals surface area contributed by atoms with Gasteiger partial charge in [0.1, 0.15) is 0 Å². The highest BCUT2D eigenvalue weighted by molar-refractivity contribution is 7.91. The van der Waals surface area contributed by atoms with Gasteiger partial charge in [0.05, 0.1) is 5.25 Å². The fraction of sp³-hybridized carbons (Fsp3) is 0.588. The Morgan fingerprint density at radius 1 is 1.26 bits per heavy atom. The molecule has 23 heavy (non-hydrogen) atoms. The topological polar surface area (TPSA) is 66.5 Å². The summed E-state index contributed by atoms with van der Waals surface area (Å²) in [6, 6.07) is 10.4. The fourth-order valence-corrected chi connectivity index (χ4v) is 4.49. The summed E-state index contributed by atoms with van der Waals surface area (Å²) in [5, 5.41) is 2.56. The van der Waals surface area contributed by atoms with Gasteiger partial charge in [-0.15, -0.1) is 0 Å². The largest absolute Gasteiger partial charge is 0.338 e. The molecule has 0 radical (unpaired) electrons. The predicted molar refractivity (Wildman–Crippen MR) is 90.1 cm³/mol. The Kier molecular flexibility index (Phi) is 4.62. The lowest BCUT2D eigenvalue weighted by molar-refractivity contribution is 0.197. The highest BCUT2D eigenvalue weighted by Crippen LogP contribution is 2.41. The van der Waals surface area contributed by atoms with Gasteiger partial charge in [0.2, 0.25) is 0 Å². The summed E-state index contributed by atoms with van der Waals surface area (Å²) >= 11 is 0. The van der Waals surface area contributed by atoms with E-state index in [0.29, 0.717) is 37.9 Å². The Labute approximate surface area is 138 Å². The summed E-state index contributed by atoms with van der Waals surface area (Å²) in [6.45, 7) is 1.53. The monoisotopic (exact) mass is 336 g/mol. The van der Waals surface area contributed by atoms with E-state index in [9.17, 15) is 13.2 Å². The average Bonchev–Trinajstić information content (AvgIpc) is 2.96. The second kappa shape index (κ2) is 6.51. The van der Waals surface area contributed by atoms with E-state index in [1.54, 1.807) is 4.90 Å². The number of nitrogens with one attached hydrogen (secondary N) is 1. The van der Waals surface area contributed by atoms with E-state index in [0.717, 1.165) is 12.8 Å². The van der Waals surface area contributed by atoms with Crippen LogP contribution in [0.5, 0.6) is 0 Å². The van der Waals surface area contributed by atoms with E-state index >= 15 is 0 Å². The molecule has 6 heteroatoms. The molecule has 2 amide bonds. The molecular weight excluding hydrogens is 312 g/mol. The van der Waals surface area contributed by atoms with Gasteiger partial charge in [-0.1, -0.05) is 30.3 Å². The number of carbonyl (C=O) groups excluding carboxylic acids is 1. The van der Waals surface area contributed by atoms with Gasteiger partial charge in [-0.25, -0.2) is 13.2 Å². The smallest absolute Gasteiger partial charge is 0.317 e. The van der Waals surface area contributed by atoms with Crippen molar-refractivity contribution in [2.75, 3.05) is 25.9 Å². The molecule has 126 valence electrons. The van der Waals surface area contributed by atoms with E-state index in [4.69, 9.17) is 0 Å². The normalized spacial score (nSPS) is 27.5. The number of hydrogen-bond donors (Lipinski definition) is 1. The van der Waals surface area contributed by atoms with Crippen LogP contribution >= 0.6 is 0 Å². The van der Waals surface area contributed by atoms with Crippen molar-refractivity contribution in [3.8, 4) is 0 Å². The average molecular weight is 336 g/mol. The van der Waals surface area contributed by atoms with Crippen LogP contribution in [0.3, 0.4) is 0 Å². The third kappa shape index (κ3) is 3.86. The molecule has 1 saturated heterocycles. The first kappa shape index (κ1) is 16.3. The zero-order chi connectivity index (χ0) is 16.4. The van der Waals surface area contributed by atoms with Gasteiger partial charge in [-0.3, -0.25) is 0 Å². The van der Waals surface area contributed by atoms with E-state index in [1.807, 2.05) is 6.07 Å². The SMILES string of the molecule is CS(=O)(=O)C1CCN(C(=O)NCC2CC(c3ccccc3)C2)C1. The van der Waals surface area contributed by atoms with Crippen molar-refractivity contribution in [2.24, 2.45) is 5.92 Å². The minimum Gasteiger partial charge on any atom is -0.338 e. The number of benzene rings is 1. The third-order valence-corrected chi connectivity index (χ3v) is 6.68. The maximum atomic E-state index is 12.1. The number of amides is 2. The number of nitrogens with zero attached hydrogens (tertiary/aromatic N) is 1. The first-order valence-corrected chi connectivity index (χ1v) is 10.2. The molecule has 1 aliphatic carbocycles. The summed E-state index contributed by atoms with van der Waals surface area (Å²) in [4.78, 5) is 13.8. The van der Waals surface area contributed by atoms with Crippen molar-refractivity contribution in [2.45, 2.75) is 30.4 Å². The van der Waals surface area contributed by atoms with Crippen molar-refractivity contribution in [3.05, 3.63) is 35.9 Å². The van der Waals surface area contributed by atoms with E-state index in [2.05, 4.69) is 29.6 Å². The molecule has 2 aliphatic rings. The van der Waals surface area contributed by atoms with Crippen LogP contribution in [0.15, 0.2) is 30.3 Å². The number of urea groups is 1. The summed E-state index contributed by atoms with van der Waals surface area (Å²) in [6.07, 6.45) is 4.01. The van der Waals surface area contributed by atoms with Crippen LogP contribution in [0.4, 0.5) is 4.79 Å². The molecule has 1 aliphatic heterocycles. The van der Waals surface area contributed by atoms with E-state index in [-0.39, 0.29) is 6.03 Å². The van der Waals surface area contributed by atoms with Crippen molar-refractivity contribution in [1.82, 2.24) is 10.2 Å². The molecule has 5 nitrogen and oxygen atoms in total. The molecule has 2 fully saturated rings. The minimum absolute atomic E-state index is 0.126. The number of sulfone groups is 1. The molecule has 1 heterocycles. The predicted octanol–water partition coefficient (Wildman–Crippen LogP) is 2.01. The minimum atomic E-state index is -3.05. The molecule has 0 spiro atoms. The highest BCUT2D eigenvalue weighted by Gasteiger charge is 2.34. The molecule has 1 N–H and O–H groups in total. The molecule has 1 aromatic carbocycles. The van der Waals surface area contributed by atoms with Crippen LogP contribution in [0.25, 0.3) is 0 Å². The second-order valence-electron chi connectivity index (χ2n) is 6.82. The van der Waals surface area contributed by atoms with E-state index < -0.39 is 15.1 Å². The Bertz CT molecular complexity index is 654. The van der Waals surface area contributed by atoms with E-state index in [1.165, 1.54) is 11.8 Å². The van der Waals surface area contributed by atoms with Crippen LogP contribution in [-0.4, -0.2) is 50.5 Å². The summed E-state index contributed by atoms with van der Waals surface area (Å²) in [5.74, 6) is 1.14. The number of rotatable bonds is 4. The van der Waals surface area contributed by atoms with Gasteiger partial charge < -0.3 is 10.2 Å². The molecule has 3 rings (SSSR count). The van der Waals surface area contributed by atoms with Crippen LogP contribution < -0.4 is 5.32 Å². The molecule has 0 aromatic heterocycles. The van der Waals surface area contributed by atoms with Gasteiger partial charge in [0.15, 0.2) is 9.84 Å². The summed E-state index contributed by atoms with van der Waals surface area (Å²) < 4.78 is 23.1. The molecule has 1 unspecified atom stereocenters. The van der Waals surface area contributed by atoms with Crippen molar-refractivity contribution >= 4 is 15.9 Å². The summed E-state index contributed by atoms with van der Waals surface area (Å²) in [5.41, 5.74) is 1.38. The van der Waals surface area contributed by atoms with Crippen LogP contribution in [0, 0.1) is 5.92 Å². The first-order chi connectivity index (χ1) is 10.9. The van der Waals surface area contributed by atoms with Gasteiger partial charge in [0.25, 0.3) is 0 Å². The second-order valence-corrected chi connectivity index (χ2v) is 9.14. The van der Waals surface area contributed by atoms with Gasteiger partial charge in [0, 0.05) is 25.9 Å². The zero-order valence-corrected chi connectivity index (χ0v) is 14.3. The molecule has 1 atom stereocenters. The van der Waals surface area contributed by atoms with Gasteiger partial charge in [-0.05, 0) is 36.7 Å². The lowest BCUT2D eigenvalue weighted by Gasteiger charge is -2.36. The maximum Gasteiger partial charge on any atom is 0.317 e. The molecule has 1 aromatic rings. The molecular formula is C17H24N2O3S. The maximum absolute atomic E-state index is 12.1. The Morgan fingerprint density at radius 3 is 2.57 bits per heavy atom. The van der Waals surface area contributed by atoms with Gasteiger partial charge >= 0.3 is 6.03 Å². The van der Waals surface area contributed by atoms with Crippen molar-refractivity contribution < 1.29 is 13.2 Å². The van der Waals surface area contributed by atoms with Crippen LogP contribution in [-0.2, 0) is 9.84 Å². The Morgan fingerprint density at radius 2 is 1.96 bits per heavy atom. The molecule has 1 saturated carbocycles. The molecule has 0 bridgehead atoms. The quantitative estimate of drug-likeness (QED) is 0.914. The zero-order valence-electron chi connectivity index (χ0n) is 13.4. The summed E-state index contributed by atoms with van der Waals surface area (Å²) in [7, 11) is -3.05. The number of likely N-dealkylation sites (tertiary alicyclic amines) is 1. The third-order valence-electron chi connectivity index (χ3n) is 5.09. The fourth-order valence-electron chi connectivity index (χ4n) is 3.51. The Hall–Kier alpha value is -1.56. The number of carbonyl (C=O) groups is 1. The van der Waals surface area contributed by atoms with Crippen LogP contribution in [0.2, 0.25) is 0 Å². The van der Waals surface area contributed by atoms with Crippen molar-refractivity contribution in [3.63, 3.8) is 0 Å². The Balaban J connectivity index is 1.40. The highest BCUT2D eigenvalue weighted by atomic mass is 32.2. The number of hydrogen-bond acceptors (Lipinski definition) is 3.